The van der Waals surface area contributed by atoms with Crippen LogP contribution in [0.25, 0.3) is 0 Å². The van der Waals surface area contributed by atoms with Crippen LogP contribution in [-0.4, -0.2) is 19.1 Å². The van der Waals surface area contributed by atoms with Gasteiger partial charge in [-0.25, -0.2) is 0 Å². The highest BCUT2D eigenvalue weighted by molar-refractivity contribution is 5.94. The molecule has 1 saturated carbocycles. The molecule has 4 heteroatoms. The first-order valence-corrected chi connectivity index (χ1v) is 8.85. The van der Waals surface area contributed by atoms with Crippen LogP contribution in [0.1, 0.15) is 30.4 Å². The van der Waals surface area contributed by atoms with Gasteiger partial charge in [0, 0.05) is 18.0 Å². The topological polar surface area (TPSA) is 47.6 Å². The van der Waals surface area contributed by atoms with Crippen LogP contribution in [0.15, 0.2) is 42.5 Å². The summed E-state index contributed by atoms with van der Waals surface area (Å²) in [6.45, 7) is 5.40. The van der Waals surface area contributed by atoms with Crippen LogP contribution in [0.5, 0.6) is 11.5 Å². The summed E-state index contributed by atoms with van der Waals surface area (Å²) in [4.78, 5) is 11.7. The maximum atomic E-state index is 11.7. The second-order valence-electron chi connectivity index (χ2n) is 6.58. The first-order chi connectivity index (χ1) is 12.1. The van der Waals surface area contributed by atoms with Gasteiger partial charge in [0.1, 0.15) is 11.5 Å². The number of nitrogens with one attached hydrogen (secondary N) is 1. The predicted octanol–water partition coefficient (Wildman–Crippen LogP) is 4.50. The third-order valence-electron chi connectivity index (χ3n) is 4.37. The number of hydrogen-bond donors (Lipinski definition) is 1. The van der Waals surface area contributed by atoms with Crippen molar-refractivity contribution in [3.8, 4) is 11.5 Å². The molecule has 1 amide bonds. The summed E-state index contributed by atoms with van der Waals surface area (Å²) in [5, 5.41) is 2.92. The van der Waals surface area contributed by atoms with Gasteiger partial charge in [0.2, 0.25) is 5.91 Å². The molecule has 0 radical (unpaired) electrons. The van der Waals surface area contributed by atoms with Gasteiger partial charge in [0.25, 0.3) is 0 Å². The lowest BCUT2D eigenvalue weighted by molar-refractivity contribution is -0.117. The van der Waals surface area contributed by atoms with Crippen molar-refractivity contribution in [3.63, 3.8) is 0 Å². The number of carbonyl (C=O) groups excluding carboxylic acids is 1. The van der Waals surface area contributed by atoms with Crippen LogP contribution in [0.3, 0.4) is 0 Å². The molecular formula is C21H25NO3. The summed E-state index contributed by atoms with van der Waals surface area (Å²) >= 11 is 0. The first kappa shape index (κ1) is 17.3. The Hall–Kier alpha value is -2.49. The smallest absolute Gasteiger partial charge is 0.227 e. The van der Waals surface area contributed by atoms with Gasteiger partial charge >= 0.3 is 0 Å². The maximum Gasteiger partial charge on any atom is 0.227 e. The van der Waals surface area contributed by atoms with Gasteiger partial charge in [-0.2, -0.15) is 0 Å². The van der Waals surface area contributed by atoms with Crippen LogP contribution in [0.4, 0.5) is 5.69 Å². The van der Waals surface area contributed by atoms with Gasteiger partial charge < -0.3 is 14.8 Å². The second-order valence-corrected chi connectivity index (χ2v) is 6.58. The van der Waals surface area contributed by atoms with Crippen molar-refractivity contribution in [2.75, 3.05) is 18.5 Å². The van der Waals surface area contributed by atoms with Crippen molar-refractivity contribution in [1.29, 1.82) is 0 Å². The molecule has 0 bridgehead atoms. The zero-order valence-electron chi connectivity index (χ0n) is 14.9. The summed E-state index contributed by atoms with van der Waals surface area (Å²) < 4.78 is 11.5. The SMILES string of the molecule is Cc1ccc(OCCCOc2ccc(NC(=O)C3CC3)cc2)cc1C. The van der Waals surface area contributed by atoms with Crippen LogP contribution < -0.4 is 14.8 Å². The first-order valence-electron chi connectivity index (χ1n) is 8.85. The Kier molecular flexibility index (Phi) is 5.59. The fourth-order valence-electron chi connectivity index (χ4n) is 2.47. The van der Waals surface area contributed by atoms with Gasteiger partial charge in [-0.15, -0.1) is 0 Å². The lowest BCUT2D eigenvalue weighted by Gasteiger charge is -2.10. The summed E-state index contributed by atoms with van der Waals surface area (Å²) in [6.07, 6.45) is 2.83. The third kappa shape index (κ3) is 5.24. The van der Waals surface area contributed by atoms with Gasteiger partial charge in [0.15, 0.2) is 0 Å². The van der Waals surface area contributed by atoms with E-state index in [9.17, 15) is 4.79 Å². The number of hydrogen-bond acceptors (Lipinski definition) is 3. The van der Waals surface area contributed by atoms with E-state index in [1.165, 1.54) is 11.1 Å². The molecule has 0 atom stereocenters. The van der Waals surface area contributed by atoms with E-state index < -0.39 is 0 Å². The summed E-state index contributed by atoms with van der Waals surface area (Å²) in [6, 6.07) is 13.6. The Morgan fingerprint density at radius 3 is 2.24 bits per heavy atom. The van der Waals surface area contributed by atoms with Crippen molar-refractivity contribution in [2.45, 2.75) is 33.1 Å². The Morgan fingerprint density at radius 1 is 0.960 bits per heavy atom. The molecule has 0 heterocycles. The monoisotopic (exact) mass is 339 g/mol. The normalized spacial score (nSPS) is 13.4. The zero-order valence-corrected chi connectivity index (χ0v) is 14.9. The zero-order chi connectivity index (χ0) is 17.6. The van der Waals surface area contributed by atoms with Crippen molar-refractivity contribution >= 4 is 11.6 Å². The number of rotatable bonds is 8. The number of ether oxygens (including phenoxy) is 2. The molecule has 2 aromatic carbocycles. The van der Waals surface area contributed by atoms with Crippen molar-refractivity contribution in [2.24, 2.45) is 5.92 Å². The van der Waals surface area contributed by atoms with Gasteiger partial charge in [-0.05, 0) is 74.2 Å². The van der Waals surface area contributed by atoms with E-state index in [-0.39, 0.29) is 11.8 Å². The quantitative estimate of drug-likeness (QED) is 0.720. The van der Waals surface area contributed by atoms with E-state index >= 15 is 0 Å². The molecule has 0 unspecified atom stereocenters. The highest BCUT2D eigenvalue weighted by Gasteiger charge is 2.29. The minimum absolute atomic E-state index is 0.122. The van der Waals surface area contributed by atoms with E-state index in [4.69, 9.17) is 9.47 Å². The fourth-order valence-corrected chi connectivity index (χ4v) is 2.47. The Labute approximate surface area is 149 Å². The number of aryl methyl sites for hydroxylation is 2. The lowest BCUT2D eigenvalue weighted by atomic mass is 10.1. The molecule has 3 rings (SSSR count). The molecule has 2 aromatic rings. The van der Waals surface area contributed by atoms with E-state index in [1.807, 2.05) is 30.3 Å². The number of carbonyl (C=O) groups is 1. The molecule has 0 saturated heterocycles. The van der Waals surface area contributed by atoms with Crippen LogP contribution >= 0.6 is 0 Å². The molecule has 4 nitrogen and oxygen atoms in total. The van der Waals surface area contributed by atoms with E-state index in [1.54, 1.807) is 0 Å². The standard InChI is InChI=1S/C21H25NO3/c1-15-4-9-20(14-16(15)2)25-13-3-12-24-19-10-7-18(8-11-19)22-21(23)17-5-6-17/h4,7-11,14,17H,3,5-6,12-13H2,1-2H3,(H,22,23). The molecule has 1 aliphatic rings. The largest absolute Gasteiger partial charge is 0.493 e. The molecular weight excluding hydrogens is 314 g/mol. The van der Waals surface area contributed by atoms with E-state index in [2.05, 4.69) is 31.3 Å². The third-order valence-corrected chi connectivity index (χ3v) is 4.37. The highest BCUT2D eigenvalue weighted by atomic mass is 16.5. The molecule has 25 heavy (non-hydrogen) atoms. The maximum absolute atomic E-state index is 11.7. The minimum atomic E-state index is 0.122. The summed E-state index contributed by atoms with van der Waals surface area (Å²) in [7, 11) is 0. The number of amides is 1. The second kappa shape index (κ2) is 8.06. The van der Waals surface area contributed by atoms with Crippen molar-refractivity contribution < 1.29 is 14.3 Å². The molecule has 1 fully saturated rings. The fraction of sp³-hybridized carbons (Fsp3) is 0.381. The Morgan fingerprint density at radius 2 is 1.60 bits per heavy atom. The average Bonchev–Trinajstić information content (AvgIpc) is 3.44. The minimum Gasteiger partial charge on any atom is -0.493 e. The molecule has 0 aromatic heterocycles. The van der Waals surface area contributed by atoms with Crippen LogP contribution in [0.2, 0.25) is 0 Å². The number of benzene rings is 2. The summed E-state index contributed by atoms with van der Waals surface area (Å²) in [5.41, 5.74) is 3.33. The Balaban J connectivity index is 1.35. The van der Waals surface area contributed by atoms with E-state index in [0.29, 0.717) is 13.2 Å². The lowest BCUT2D eigenvalue weighted by Crippen LogP contribution is -2.13. The molecule has 0 spiro atoms. The molecule has 0 aliphatic heterocycles. The van der Waals surface area contributed by atoms with Gasteiger partial charge in [-0.1, -0.05) is 6.07 Å². The number of anilines is 1. The average molecular weight is 339 g/mol. The van der Waals surface area contributed by atoms with Crippen LogP contribution in [0, 0.1) is 19.8 Å². The van der Waals surface area contributed by atoms with Crippen molar-refractivity contribution in [3.05, 3.63) is 53.6 Å². The molecule has 1 aliphatic carbocycles. The van der Waals surface area contributed by atoms with Crippen LogP contribution in [-0.2, 0) is 4.79 Å². The van der Waals surface area contributed by atoms with E-state index in [0.717, 1.165) is 36.4 Å². The highest BCUT2D eigenvalue weighted by Crippen LogP contribution is 2.30. The molecule has 132 valence electrons. The molecule has 1 N–H and O–H groups in total. The predicted molar refractivity (Wildman–Crippen MR) is 99.3 cm³/mol. The van der Waals surface area contributed by atoms with Crippen molar-refractivity contribution in [1.82, 2.24) is 0 Å². The van der Waals surface area contributed by atoms with Gasteiger partial charge in [-0.3, -0.25) is 4.79 Å². The Bertz CT molecular complexity index is 720. The summed E-state index contributed by atoms with van der Waals surface area (Å²) in [5.74, 6) is 2.04. The van der Waals surface area contributed by atoms with Gasteiger partial charge in [0.05, 0.1) is 13.2 Å².